The molecule has 0 saturated heterocycles. The van der Waals surface area contributed by atoms with Crippen molar-refractivity contribution in [2.24, 2.45) is 7.05 Å². The second-order valence-corrected chi connectivity index (χ2v) is 3.31. The van der Waals surface area contributed by atoms with E-state index in [9.17, 15) is 9.59 Å². The average molecular weight is 225 g/mol. The molecule has 0 saturated carbocycles. The van der Waals surface area contributed by atoms with E-state index in [0.717, 1.165) is 0 Å². The molecule has 0 atom stereocenters. The summed E-state index contributed by atoms with van der Waals surface area (Å²) in [5.41, 5.74) is 6.24. The Balaban J connectivity index is 2.44. The largest absolute Gasteiger partial charge is 0.396 e. The van der Waals surface area contributed by atoms with Crippen molar-refractivity contribution >= 4 is 17.5 Å². The highest BCUT2D eigenvalue weighted by Gasteiger charge is 2.13. The molecule has 0 bridgehead atoms. The Morgan fingerprint density at radius 2 is 2.06 bits per heavy atom. The number of amides is 2. The second kappa shape index (κ2) is 5.15. The molecule has 7 nitrogen and oxygen atoms in total. The van der Waals surface area contributed by atoms with Gasteiger partial charge in [0.05, 0.1) is 11.9 Å². The lowest BCUT2D eigenvalue weighted by Crippen LogP contribution is -2.34. The number of hydrogen-bond donors (Lipinski definition) is 3. The molecule has 0 radical (unpaired) electrons. The van der Waals surface area contributed by atoms with E-state index < -0.39 is 0 Å². The van der Waals surface area contributed by atoms with Crippen LogP contribution < -0.4 is 16.4 Å². The molecule has 1 heterocycles. The van der Waals surface area contributed by atoms with E-state index in [4.69, 9.17) is 5.73 Å². The van der Waals surface area contributed by atoms with Crippen LogP contribution in [0.4, 0.5) is 5.69 Å². The summed E-state index contributed by atoms with van der Waals surface area (Å²) in [5, 5.41) is 9.05. The summed E-state index contributed by atoms with van der Waals surface area (Å²) < 4.78 is 1.41. The van der Waals surface area contributed by atoms with Gasteiger partial charge in [0.2, 0.25) is 5.91 Å². The molecule has 88 valence electrons. The van der Waals surface area contributed by atoms with Crippen molar-refractivity contribution in [3.05, 3.63) is 11.9 Å². The molecule has 4 N–H and O–H groups in total. The first-order chi connectivity index (χ1) is 7.52. The lowest BCUT2D eigenvalue weighted by Gasteiger charge is -2.06. The van der Waals surface area contributed by atoms with Crippen molar-refractivity contribution in [3.63, 3.8) is 0 Å². The van der Waals surface area contributed by atoms with E-state index >= 15 is 0 Å². The maximum atomic E-state index is 11.6. The molecule has 7 heteroatoms. The first-order valence-electron chi connectivity index (χ1n) is 4.82. The number of aromatic nitrogens is 2. The Kier molecular flexibility index (Phi) is 3.87. The molecule has 1 aromatic rings. The minimum atomic E-state index is -0.303. The molecule has 1 aromatic heterocycles. The van der Waals surface area contributed by atoms with Crippen LogP contribution in [-0.4, -0.2) is 34.7 Å². The normalized spacial score (nSPS) is 9.88. The van der Waals surface area contributed by atoms with E-state index in [2.05, 4.69) is 15.7 Å². The van der Waals surface area contributed by atoms with Gasteiger partial charge in [0.25, 0.3) is 5.91 Å². The number of nitrogens with two attached hydrogens (primary N) is 1. The van der Waals surface area contributed by atoms with Crippen molar-refractivity contribution in [1.82, 2.24) is 20.4 Å². The Labute approximate surface area is 93.0 Å². The van der Waals surface area contributed by atoms with Crippen LogP contribution in [0.15, 0.2) is 6.20 Å². The predicted octanol–water partition coefficient (Wildman–Crippen LogP) is -1.13. The fourth-order valence-electron chi connectivity index (χ4n) is 1.23. The highest BCUT2D eigenvalue weighted by molar-refractivity contribution is 5.97. The fraction of sp³-hybridized carbons (Fsp3) is 0.444. The van der Waals surface area contributed by atoms with E-state index in [1.54, 1.807) is 7.05 Å². The third-order valence-electron chi connectivity index (χ3n) is 1.97. The number of anilines is 1. The fourth-order valence-corrected chi connectivity index (χ4v) is 1.23. The summed E-state index contributed by atoms with van der Waals surface area (Å²) in [5.74, 6) is -0.433. The van der Waals surface area contributed by atoms with E-state index in [1.165, 1.54) is 17.8 Å². The molecule has 2 amide bonds. The Bertz CT molecular complexity index is 379. The summed E-state index contributed by atoms with van der Waals surface area (Å²) in [6.07, 6.45) is 1.42. The van der Waals surface area contributed by atoms with Crippen molar-refractivity contribution in [1.29, 1.82) is 0 Å². The topological polar surface area (TPSA) is 102 Å². The third kappa shape index (κ3) is 2.97. The lowest BCUT2D eigenvalue weighted by molar-refractivity contribution is -0.118. The molecule has 16 heavy (non-hydrogen) atoms. The number of nitrogens with zero attached hydrogens (tertiary/aromatic N) is 2. The van der Waals surface area contributed by atoms with Crippen LogP contribution in [-0.2, 0) is 11.8 Å². The molecule has 1 rings (SSSR count). The van der Waals surface area contributed by atoms with Crippen molar-refractivity contribution in [2.45, 2.75) is 6.92 Å². The smallest absolute Gasteiger partial charge is 0.271 e. The molecule has 0 aliphatic carbocycles. The van der Waals surface area contributed by atoms with Crippen molar-refractivity contribution < 1.29 is 9.59 Å². The van der Waals surface area contributed by atoms with Crippen molar-refractivity contribution in [3.8, 4) is 0 Å². The Morgan fingerprint density at radius 3 is 2.56 bits per heavy atom. The van der Waals surface area contributed by atoms with E-state index in [1.807, 2.05) is 0 Å². The number of carbonyl (C=O) groups excluding carboxylic acids is 2. The number of nitrogens with one attached hydrogen (secondary N) is 2. The van der Waals surface area contributed by atoms with Gasteiger partial charge in [-0.15, -0.1) is 0 Å². The quantitative estimate of drug-likeness (QED) is 0.564. The van der Waals surface area contributed by atoms with Gasteiger partial charge in [0, 0.05) is 27.1 Å². The summed E-state index contributed by atoms with van der Waals surface area (Å²) in [4.78, 5) is 22.2. The number of hydrogen-bond acceptors (Lipinski definition) is 4. The zero-order chi connectivity index (χ0) is 12.1. The van der Waals surface area contributed by atoms with Crippen LogP contribution in [0.3, 0.4) is 0 Å². The van der Waals surface area contributed by atoms with Crippen LogP contribution in [0, 0.1) is 0 Å². The summed E-state index contributed by atoms with van der Waals surface area (Å²) in [7, 11) is 1.64. The molecule has 0 fully saturated rings. The van der Waals surface area contributed by atoms with Gasteiger partial charge >= 0.3 is 0 Å². The van der Waals surface area contributed by atoms with Crippen LogP contribution in [0.2, 0.25) is 0 Å². The van der Waals surface area contributed by atoms with Crippen molar-refractivity contribution in [2.75, 3.05) is 18.8 Å². The number of carbonyl (C=O) groups is 2. The van der Waals surface area contributed by atoms with Gasteiger partial charge in [-0.05, 0) is 0 Å². The van der Waals surface area contributed by atoms with Gasteiger partial charge in [0.1, 0.15) is 5.69 Å². The van der Waals surface area contributed by atoms with E-state index in [0.29, 0.717) is 24.5 Å². The minimum Gasteiger partial charge on any atom is -0.396 e. The molecule has 0 unspecified atom stereocenters. The van der Waals surface area contributed by atoms with Gasteiger partial charge in [-0.1, -0.05) is 0 Å². The maximum absolute atomic E-state index is 11.6. The Morgan fingerprint density at radius 1 is 1.44 bits per heavy atom. The maximum Gasteiger partial charge on any atom is 0.271 e. The molecule has 0 aliphatic rings. The number of nitrogen functional groups attached to an aromatic ring is 1. The summed E-state index contributed by atoms with van der Waals surface area (Å²) in [6, 6.07) is 0. The van der Waals surface area contributed by atoms with E-state index in [-0.39, 0.29) is 11.8 Å². The molecule has 0 aromatic carbocycles. The van der Waals surface area contributed by atoms with Gasteiger partial charge in [-0.25, -0.2) is 0 Å². The second-order valence-electron chi connectivity index (χ2n) is 3.31. The predicted molar refractivity (Wildman–Crippen MR) is 58.6 cm³/mol. The van der Waals surface area contributed by atoms with Gasteiger partial charge in [-0.2, -0.15) is 5.10 Å². The first-order valence-corrected chi connectivity index (χ1v) is 4.82. The standard InChI is InChI=1S/C9H15N5O2/c1-6(15)11-3-4-12-9(16)8-7(10)5-13-14(8)2/h5H,3-4,10H2,1-2H3,(H,11,15)(H,12,16). The highest BCUT2D eigenvalue weighted by Crippen LogP contribution is 2.08. The SMILES string of the molecule is CC(=O)NCCNC(=O)c1c(N)cnn1C. The third-order valence-corrected chi connectivity index (χ3v) is 1.97. The average Bonchev–Trinajstić information content (AvgIpc) is 2.53. The zero-order valence-corrected chi connectivity index (χ0v) is 9.28. The molecule has 0 spiro atoms. The van der Waals surface area contributed by atoms with Crippen LogP contribution in [0.1, 0.15) is 17.4 Å². The van der Waals surface area contributed by atoms with Gasteiger partial charge < -0.3 is 16.4 Å². The number of rotatable bonds is 4. The molecular weight excluding hydrogens is 210 g/mol. The lowest BCUT2D eigenvalue weighted by atomic mass is 10.3. The first kappa shape index (κ1) is 12.0. The zero-order valence-electron chi connectivity index (χ0n) is 9.28. The monoisotopic (exact) mass is 225 g/mol. The van der Waals surface area contributed by atoms with Gasteiger partial charge in [0.15, 0.2) is 0 Å². The molecule has 0 aliphatic heterocycles. The van der Waals surface area contributed by atoms with Crippen LogP contribution in [0.5, 0.6) is 0 Å². The van der Waals surface area contributed by atoms with Gasteiger partial charge in [-0.3, -0.25) is 14.3 Å². The Hall–Kier alpha value is -2.05. The molecular formula is C9H15N5O2. The van der Waals surface area contributed by atoms with Crippen LogP contribution >= 0.6 is 0 Å². The highest BCUT2D eigenvalue weighted by atomic mass is 16.2. The summed E-state index contributed by atoms with van der Waals surface area (Å²) in [6.45, 7) is 2.16. The minimum absolute atomic E-state index is 0.130. The summed E-state index contributed by atoms with van der Waals surface area (Å²) >= 11 is 0. The number of aryl methyl sites for hydroxylation is 1. The van der Waals surface area contributed by atoms with Crippen LogP contribution in [0.25, 0.3) is 0 Å².